The lowest BCUT2D eigenvalue weighted by Gasteiger charge is -2.26. The summed E-state index contributed by atoms with van der Waals surface area (Å²) in [6.07, 6.45) is 43.9. The smallest absolute Gasteiger partial charge is 0.249 e. The van der Waals surface area contributed by atoms with Crippen LogP contribution in [0.4, 0.5) is 0 Å². The van der Waals surface area contributed by atoms with Gasteiger partial charge in [-0.15, -0.1) is 0 Å². The zero-order valence-electron chi connectivity index (χ0n) is 35.4. The molecule has 0 aliphatic rings. The molecule has 2 atom stereocenters. The van der Waals surface area contributed by atoms with E-state index < -0.39 is 18.1 Å². The summed E-state index contributed by atoms with van der Waals surface area (Å²) in [5.74, 6) is -0.456. The maximum Gasteiger partial charge on any atom is 0.249 e. The maximum atomic E-state index is 12.5. The molecule has 0 bridgehead atoms. The van der Waals surface area contributed by atoms with Crippen molar-refractivity contribution >= 4 is 5.91 Å². The van der Waals surface area contributed by atoms with Crippen LogP contribution in [0, 0.1) is 0 Å². The van der Waals surface area contributed by atoms with Gasteiger partial charge in [0.25, 0.3) is 0 Å². The second-order valence-electron chi connectivity index (χ2n) is 15.1. The van der Waals surface area contributed by atoms with Gasteiger partial charge in [-0.3, -0.25) is 4.79 Å². The van der Waals surface area contributed by atoms with Gasteiger partial charge in [0.2, 0.25) is 5.91 Å². The molecule has 0 heterocycles. The number of unbranched alkanes of at least 4 members (excludes halogenated alkanes) is 24. The summed E-state index contributed by atoms with van der Waals surface area (Å²) in [5.41, 5.74) is 5.85. The second kappa shape index (κ2) is 42.5. The number of amides is 1. The van der Waals surface area contributed by atoms with Crippen molar-refractivity contribution in [3.63, 3.8) is 0 Å². The Labute approximate surface area is 324 Å². The van der Waals surface area contributed by atoms with Gasteiger partial charge >= 0.3 is 0 Å². The first-order valence-electron chi connectivity index (χ1n) is 22.7. The summed E-state index contributed by atoms with van der Waals surface area (Å²) < 4.78 is 18.4. The minimum absolute atomic E-state index is 0.328. The van der Waals surface area contributed by atoms with Crippen LogP contribution < -0.4 is 5.73 Å². The highest BCUT2D eigenvalue weighted by Gasteiger charge is 2.28. The molecular weight excluding hydrogens is 645 g/mol. The molecule has 0 aromatic carbocycles. The molecule has 0 saturated heterocycles. The van der Waals surface area contributed by atoms with E-state index in [2.05, 4.69) is 56.9 Å². The lowest BCUT2D eigenvalue weighted by Crippen LogP contribution is -2.45. The molecule has 0 spiro atoms. The highest BCUT2D eigenvalue weighted by Crippen LogP contribution is 2.14. The first-order valence-corrected chi connectivity index (χ1v) is 22.7. The lowest BCUT2D eigenvalue weighted by atomic mass is 10.1. The Morgan fingerprint density at radius 3 is 1.25 bits per heavy atom. The molecule has 308 valence electrons. The fraction of sp³-hybridized carbons (Fsp3) is 0.891. The van der Waals surface area contributed by atoms with E-state index in [-0.39, 0.29) is 0 Å². The molecule has 6 nitrogen and oxygen atoms in total. The number of hydrogen-bond acceptors (Lipinski definition) is 5. The molecule has 1 amide bonds. The molecule has 6 heteroatoms. The topological polar surface area (TPSA) is 74.0 Å². The van der Waals surface area contributed by atoms with Crippen molar-refractivity contribution in [3.8, 4) is 0 Å². The zero-order chi connectivity index (χ0) is 38.0. The Bertz CT molecular complexity index is 769. The van der Waals surface area contributed by atoms with E-state index in [1.807, 2.05) is 0 Å². The van der Waals surface area contributed by atoms with Gasteiger partial charge < -0.3 is 24.8 Å². The van der Waals surface area contributed by atoms with Crippen molar-refractivity contribution < 1.29 is 19.0 Å². The fourth-order valence-corrected chi connectivity index (χ4v) is 6.67. The molecule has 0 fully saturated rings. The van der Waals surface area contributed by atoms with Gasteiger partial charge in [0, 0.05) is 19.8 Å². The number of likely N-dealkylation sites (N-methyl/N-ethyl adjacent to an activating group) is 1. The van der Waals surface area contributed by atoms with Gasteiger partial charge in [-0.1, -0.05) is 168 Å². The average molecular weight is 735 g/mol. The van der Waals surface area contributed by atoms with E-state index in [9.17, 15) is 4.79 Å². The standard InChI is InChI=1S/C46H90N2O4/c1-5-9-11-13-15-17-19-21-23-25-27-29-31-33-35-37-40-51-44(43-50-42-39-48(7-3)8-4)45(46(47)49)52-41-38-36-34-32-30-28-26-24-22-20-18-16-14-12-10-6-2/h21-24,44-45H,5-20,25-43H2,1-4H3,(H2,47,49). The van der Waals surface area contributed by atoms with Crippen LogP contribution in [0.2, 0.25) is 0 Å². The molecule has 0 aliphatic carbocycles. The van der Waals surface area contributed by atoms with Gasteiger partial charge in [0.15, 0.2) is 6.10 Å². The first kappa shape index (κ1) is 50.8. The number of nitrogens with two attached hydrogens (primary N) is 1. The lowest BCUT2D eigenvalue weighted by molar-refractivity contribution is -0.148. The predicted octanol–water partition coefficient (Wildman–Crippen LogP) is 12.7. The summed E-state index contributed by atoms with van der Waals surface area (Å²) in [7, 11) is 0. The van der Waals surface area contributed by atoms with E-state index in [0.29, 0.717) is 26.4 Å². The number of ether oxygens (including phenoxy) is 3. The Morgan fingerprint density at radius 2 is 0.865 bits per heavy atom. The number of carbonyl (C=O) groups excluding carboxylic acids is 1. The molecule has 0 rings (SSSR count). The highest BCUT2D eigenvalue weighted by atomic mass is 16.6. The van der Waals surface area contributed by atoms with E-state index in [0.717, 1.165) is 45.3 Å². The summed E-state index contributed by atoms with van der Waals surface area (Å²) >= 11 is 0. The van der Waals surface area contributed by atoms with E-state index in [1.165, 1.54) is 154 Å². The van der Waals surface area contributed by atoms with Crippen molar-refractivity contribution in [2.24, 2.45) is 5.73 Å². The Hall–Kier alpha value is -1.21. The SMILES string of the molecule is CCCCCCCCC=CCCCCCCCCOC(COCCN(CC)CC)C(OCCCCCCCCC=CCCCCCCCC)C(N)=O. The maximum absolute atomic E-state index is 12.5. The third kappa shape index (κ3) is 35.8. The zero-order valence-corrected chi connectivity index (χ0v) is 35.4. The Morgan fingerprint density at radius 1 is 0.500 bits per heavy atom. The fourth-order valence-electron chi connectivity index (χ4n) is 6.67. The van der Waals surface area contributed by atoms with Crippen LogP contribution in [0.1, 0.15) is 207 Å². The van der Waals surface area contributed by atoms with Crippen LogP contribution in [0.25, 0.3) is 0 Å². The van der Waals surface area contributed by atoms with E-state index >= 15 is 0 Å². The van der Waals surface area contributed by atoms with Crippen LogP contribution in [-0.2, 0) is 19.0 Å². The van der Waals surface area contributed by atoms with Gasteiger partial charge in [-0.2, -0.15) is 0 Å². The quantitative estimate of drug-likeness (QED) is 0.0499. The highest BCUT2D eigenvalue weighted by molar-refractivity contribution is 5.79. The minimum Gasteiger partial charge on any atom is -0.377 e. The van der Waals surface area contributed by atoms with Crippen LogP contribution in [0.15, 0.2) is 24.3 Å². The first-order chi connectivity index (χ1) is 25.6. The van der Waals surface area contributed by atoms with E-state index in [1.54, 1.807) is 0 Å². The summed E-state index contributed by atoms with van der Waals surface area (Å²) in [4.78, 5) is 14.8. The predicted molar refractivity (Wildman–Crippen MR) is 226 cm³/mol. The van der Waals surface area contributed by atoms with Crippen molar-refractivity contribution in [1.29, 1.82) is 0 Å². The Balaban J connectivity index is 4.25. The van der Waals surface area contributed by atoms with Crippen molar-refractivity contribution in [2.45, 2.75) is 220 Å². The monoisotopic (exact) mass is 735 g/mol. The van der Waals surface area contributed by atoms with Gasteiger partial charge in [0.05, 0.1) is 13.2 Å². The molecule has 52 heavy (non-hydrogen) atoms. The number of rotatable bonds is 43. The van der Waals surface area contributed by atoms with Crippen LogP contribution in [0.5, 0.6) is 0 Å². The van der Waals surface area contributed by atoms with Crippen molar-refractivity contribution in [2.75, 3.05) is 46.1 Å². The average Bonchev–Trinajstić information content (AvgIpc) is 3.15. The molecule has 0 aromatic heterocycles. The third-order valence-corrected chi connectivity index (χ3v) is 10.3. The third-order valence-electron chi connectivity index (χ3n) is 10.3. The van der Waals surface area contributed by atoms with Gasteiger partial charge in [-0.25, -0.2) is 0 Å². The van der Waals surface area contributed by atoms with Crippen molar-refractivity contribution in [1.82, 2.24) is 4.90 Å². The molecule has 2 N–H and O–H groups in total. The molecule has 0 aliphatic heterocycles. The van der Waals surface area contributed by atoms with E-state index in [4.69, 9.17) is 19.9 Å². The molecule has 0 aromatic rings. The molecule has 2 unspecified atom stereocenters. The number of primary amides is 1. The summed E-state index contributed by atoms with van der Waals surface area (Å²) in [6, 6.07) is 0. The summed E-state index contributed by atoms with van der Waals surface area (Å²) in [6.45, 7) is 13.8. The summed E-state index contributed by atoms with van der Waals surface area (Å²) in [5, 5.41) is 0. The normalized spacial score (nSPS) is 13.2. The number of allylic oxidation sites excluding steroid dienone is 4. The number of hydrogen-bond donors (Lipinski definition) is 1. The van der Waals surface area contributed by atoms with Crippen LogP contribution in [0.3, 0.4) is 0 Å². The Kier molecular flexibility index (Phi) is 41.5. The van der Waals surface area contributed by atoms with Crippen LogP contribution >= 0.6 is 0 Å². The van der Waals surface area contributed by atoms with Gasteiger partial charge in [-0.05, 0) is 77.3 Å². The largest absolute Gasteiger partial charge is 0.377 e. The molecule has 0 saturated carbocycles. The van der Waals surface area contributed by atoms with Crippen molar-refractivity contribution in [3.05, 3.63) is 24.3 Å². The van der Waals surface area contributed by atoms with Gasteiger partial charge in [0.1, 0.15) is 6.10 Å². The minimum atomic E-state index is -0.773. The number of nitrogens with zero attached hydrogens (tertiary/aromatic N) is 1. The molecular formula is C46H90N2O4. The second-order valence-corrected chi connectivity index (χ2v) is 15.1. The van der Waals surface area contributed by atoms with Crippen LogP contribution in [-0.4, -0.2) is 69.1 Å². The number of carbonyl (C=O) groups is 1. The molecule has 0 radical (unpaired) electrons.